The lowest BCUT2D eigenvalue weighted by Crippen LogP contribution is -2.31. The fraction of sp³-hybridized carbons (Fsp3) is 0.750. The van der Waals surface area contributed by atoms with Crippen LogP contribution in [0.3, 0.4) is 0 Å². The molecule has 0 spiro atoms. The van der Waals surface area contributed by atoms with E-state index in [1.165, 1.54) is 0 Å². The van der Waals surface area contributed by atoms with Gasteiger partial charge in [-0.3, -0.25) is 0 Å². The predicted molar refractivity (Wildman–Crippen MR) is 64.0 cm³/mol. The van der Waals surface area contributed by atoms with Gasteiger partial charge >= 0.3 is 5.97 Å². The number of aliphatic carboxylic acids is 1. The van der Waals surface area contributed by atoms with E-state index in [4.69, 9.17) is 14.6 Å². The quantitative estimate of drug-likeness (QED) is 0.463. The van der Waals surface area contributed by atoms with Crippen LogP contribution in [0.15, 0.2) is 12.7 Å². The number of nitrogens with one attached hydrogen (secondary N) is 1. The molecule has 0 radical (unpaired) electrons. The lowest BCUT2D eigenvalue weighted by molar-refractivity contribution is -0.149. The van der Waals surface area contributed by atoms with E-state index in [-0.39, 0.29) is 6.10 Å². The van der Waals surface area contributed by atoms with Crippen molar-refractivity contribution in [3.63, 3.8) is 0 Å². The maximum absolute atomic E-state index is 10.7. The number of hydrogen-bond donors (Lipinski definition) is 2. The third-order valence-electron chi connectivity index (χ3n) is 2.64. The third-order valence-corrected chi connectivity index (χ3v) is 2.64. The molecule has 1 fully saturated rings. The highest BCUT2D eigenvalue weighted by Crippen LogP contribution is 2.18. The molecular formula is C12H21NO4. The minimum absolute atomic E-state index is 0.0178. The third kappa shape index (κ3) is 5.81. The molecule has 0 aromatic carbocycles. The Labute approximate surface area is 102 Å². The Balaban J connectivity index is 1.93. The summed E-state index contributed by atoms with van der Waals surface area (Å²) in [7, 11) is 0. The Morgan fingerprint density at radius 1 is 1.53 bits per heavy atom. The summed E-state index contributed by atoms with van der Waals surface area (Å²) < 4.78 is 10.7. The highest BCUT2D eigenvalue weighted by atomic mass is 16.5. The summed E-state index contributed by atoms with van der Waals surface area (Å²) in [6, 6.07) is 0. The Hall–Kier alpha value is -0.910. The van der Waals surface area contributed by atoms with E-state index >= 15 is 0 Å². The summed E-state index contributed by atoms with van der Waals surface area (Å²) in [5, 5.41) is 11.9. The van der Waals surface area contributed by atoms with Gasteiger partial charge in [-0.25, -0.2) is 4.79 Å². The Morgan fingerprint density at radius 3 is 3.00 bits per heavy atom. The first-order chi connectivity index (χ1) is 8.24. The van der Waals surface area contributed by atoms with Crippen LogP contribution in [0.1, 0.15) is 19.3 Å². The molecule has 98 valence electrons. The van der Waals surface area contributed by atoms with Crippen LogP contribution in [0.2, 0.25) is 0 Å². The molecule has 0 aromatic rings. The number of ether oxygens (including phenoxy) is 2. The van der Waals surface area contributed by atoms with Crippen LogP contribution in [-0.2, 0) is 14.3 Å². The number of rotatable bonds is 9. The smallest absolute Gasteiger partial charge is 0.332 e. The minimum atomic E-state index is -0.861. The van der Waals surface area contributed by atoms with Gasteiger partial charge in [0.1, 0.15) is 0 Å². The number of carbonyl (C=O) groups is 1. The normalized spacial score (nSPS) is 23.8. The van der Waals surface area contributed by atoms with E-state index in [0.717, 1.165) is 19.4 Å². The summed E-state index contributed by atoms with van der Waals surface area (Å²) >= 11 is 0. The van der Waals surface area contributed by atoms with Crippen molar-refractivity contribution >= 4 is 5.97 Å². The second-order valence-corrected chi connectivity index (χ2v) is 4.06. The minimum Gasteiger partial charge on any atom is -0.479 e. The SMILES string of the molecule is C=CCCOCCNCC1CCC(C(=O)O)O1. The number of carboxylic acid groups (broad SMARTS) is 1. The number of carboxylic acids is 1. The average Bonchev–Trinajstić information content (AvgIpc) is 2.77. The maximum atomic E-state index is 10.7. The summed E-state index contributed by atoms with van der Waals surface area (Å²) in [6.07, 6.45) is 3.51. The Morgan fingerprint density at radius 2 is 2.35 bits per heavy atom. The van der Waals surface area contributed by atoms with Crippen molar-refractivity contribution in [2.24, 2.45) is 0 Å². The summed E-state index contributed by atoms with van der Waals surface area (Å²) in [5.74, 6) is -0.861. The van der Waals surface area contributed by atoms with Gasteiger partial charge in [0.05, 0.1) is 19.3 Å². The molecule has 0 amide bonds. The van der Waals surface area contributed by atoms with Crippen LogP contribution in [0.25, 0.3) is 0 Å². The molecule has 1 aliphatic rings. The second-order valence-electron chi connectivity index (χ2n) is 4.06. The standard InChI is InChI=1S/C12H21NO4/c1-2-3-7-16-8-6-13-9-10-4-5-11(17-10)12(14)15/h2,10-11,13H,1,3-9H2,(H,14,15). The number of hydrogen-bond acceptors (Lipinski definition) is 4. The van der Waals surface area contributed by atoms with Crippen molar-refractivity contribution in [1.82, 2.24) is 5.32 Å². The second kappa shape index (κ2) is 8.22. The largest absolute Gasteiger partial charge is 0.479 e. The zero-order valence-electron chi connectivity index (χ0n) is 10.1. The molecule has 1 aliphatic heterocycles. The van der Waals surface area contributed by atoms with Crippen LogP contribution < -0.4 is 5.32 Å². The topological polar surface area (TPSA) is 67.8 Å². The van der Waals surface area contributed by atoms with E-state index < -0.39 is 12.1 Å². The summed E-state index contributed by atoms with van der Waals surface area (Å²) in [6.45, 7) is 6.41. The maximum Gasteiger partial charge on any atom is 0.332 e. The van der Waals surface area contributed by atoms with Gasteiger partial charge in [-0.15, -0.1) is 6.58 Å². The fourth-order valence-corrected chi connectivity index (χ4v) is 1.71. The van der Waals surface area contributed by atoms with Gasteiger partial charge in [0.25, 0.3) is 0 Å². The Bertz CT molecular complexity index is 245. The average molecular weight is 243 g/mol. The fourth-order valence-electron chi connectivity index (χ4n) is 1.71. The molecule has 5 heteroatoms. The van der Waals surface area contributed by atoms with Gasteiger partial charge in [0, 0.05) is 13.1 Å². The van der Waals surface area contributed by atoms with E-state index in [9.17, 15) is 4.79 Å². The van der Waals surface area contributed by atoms with E-state index in [1.807, 2.05) is 6.08 Å². The van der Waals surface area contributed by atoms with Crippen LogP contribution in [0, 0.1) is 0 Å². The molecule has 0 aliphatic carbocycles. The van der Waals surface area contributed by atoms with E-state index in [0.29, 0.717) is 26.2 Å². The monoisotopic (exact) mass is 243 g/mol. The van der Waals surface area contributed by atoms with Gasteiger partial charge < -0.3 is 19.9 Å². The molecule has 2 unspecified atom stereocenters. The molecular weight excluding hydrogens is 222 g/mol. The predicted octanol–water partition coefficient (Wildman–Crippen LogP) is 0.801. The molecule has 2 N–H and O–H groups in total. The molecule has 0 saturated carbocycles. The molecule has 0 bridgehead atoms. The molecule has 2 atom stereocenters. The zero-order valence-corrected chi connectivity index (χ0v) is 10.1. The molecule has 1 heterocycles. The van der Waals surface area contributed by atoms with Gasteiger partial charge in [-0.1, -0.05) is 6.08 Å². The van der Waals surface area contributed by atoms with Crippen LogP contribution >= 0.6 is 0 Å². The van der Waals surface area contributed by atoms with Crippen molar-refractivity contribution in [1.29, 1.82) is 0 Å². The molecule has 1 rings (SSSR count). The molecule has 0 aromatic heterocycles. The van der Waals surface area contributed by atoms with Crippen molar-refractivity contribution in [3.05, 3.63) is 12.7 Å². The van der Waals surface area contributed by atoms with Gasteiger partial charge in [0.15, 0.2) is 6.10 Å². The summed E-state index contributed by atoms with van der Waals surface area (Å²) in [4.78, 5) is 10.7. The van der Waals surface area contributed by atoms with Gasteiger partial charge in [-0.2, -0.15) is 0 Å². The van der Waals surface area contributed by atoms with E-state index in [2.05, 4.69) is 11.9 Å². The first-order valence-corrected chi connectivity index (χ1v) is 6.01. The van der Waals surface area contributed by atoms with E-state index in [1.54, 1.807) is 0 Å². The highest BCUT2D eigenvalue weighted by molar-refractivity contribution is 5.72. The molecule has 17 heavy (non-hydrogen) atoms. The van der Waals surface area contributed by atoms with Crippen LogP contribution in [0.5, 0.6) is 0 Å². The lowest BCUT2D eigenvalue weighted by atomic mass is 10.2. The summed E-state index contributed by atoms with van der Waals surface area (Å²) in [5.41, 5.74) is 0. The van der Waals surface area contributed by atoms with Crippen molar-refractivity contribution in [2.75, 3.05) is 26.3 Å². The van der Waals surface area contributed by atoms with Crippen molar-refractivity contribution < 1.29 is 19.4 Å². The van der Waals surface area contributed by atoms with Gasteiger partial charge in [-0.05, 0) is 19.3 Å². The highest BCUT2D eigenvalue weighted by Gasteiger charge is 2.29. The zero-order chi connectivity index (χ0) is 12.5. The molecule has 1 saturated heterocycles. The molecule has 5 nitrogen and oxygen atoms in total. The lowest BCUT2D eigenvalue weighted by Gasteiger charge is -2.12. The van der Waals surface area contributed by atoms with Gasteiger partial charge in [0.2, 0.25) is 0 Å². The Kier molecular flexibility index (Phi) is 6.84. The first kappa shape index (κ1) is 14.2. The van der Waals surface area contributed by atoms with Crippen LogP contribution in [0.4, 0.5) is 0 Å². The van der Waals surface area contributed by atoms with Crippen molar-refractivity contribution in [3.8, 4) is 0 Å². The van der Waals surface area contributed by atoms with Crippen LogP contribution in [-0.4, -0.2) is 49.6 Å². The first-order valence-electron chi connectivity index (χ1n) is 6.01. The van der Waals surface area contributed by atoms with Crippen molar-refractivity contribution in [2.45, 2.75) is 31.5 Å².